The van der Waals surface area contributed by atoms with Crippen LogP contribution in [0, 0.1) is 12.8 Å². The van der Waals surface area contributed by atoms with E-state index in [0.717, 1.165) is 19.3 Å². The highest BCUT2D eigenvalue weighted by molar-refractivity contribution is 7.17. The fourth-order valence-electron chi connectivity index (χ4n) is 2.66. The number of thiazole rings is 1. The highest BCUT2D eigenvalue weighted by atomic mass is 32.1. The Morgan fingerprint density at radius 1 is 1.41 bits per heavy atom. The van der Waals surface area contributed by atoms with Crippen molar-refractivity contribution in [3.05, 3.63) is 29.0 Å². The second kappa shape index (κ2) is 6.50. The second-order valence-corrected chi connectivity index (χ2v) is 6.55. The zero-order valence-electron chi connectivity index (χ0n) is 12.3. The van der Waals surface area contributed by atoms with Crippen molar-refractivity contribution in [2.75, 3.05) is 6.54 Å². The number of amides is 1. The maximum absolute atomic E-state index is 12.3. The average Bonchev–Trinajstić information content (AvgIpc) is 3.12. The summed E-state index contributed by atoms with van der Waals surface area (Å²) in [6.07, 6.45) is 5.66. The molecule has 2 unspecified atom stereocenters. The van der Waals surface area contributed by atoms with Crippen LogP contribution in [0.3, 0.4) is 0 Å². The minimum absolute atomic E-state index is 0.112. The van der Waals surface area contributed by atoms with Gasteiger partial charge in [-0.25, -0.2) is 15.0 Å². The first kappa shape index (κ1) is 15.1. The normalized spacial score (nSPS) is 21.0. The molecule has 2 N–H and O–H groups in total. The molecule has 3 rings (SSSR count). The first-order valence-corrected chi connectivity index (χ1v) is 8.16. The predicted octanol–water partition coefficient (Wildman–Crippen LogP) is 1.80. The number of carbonyl (C=O) groups excluding carboxylic acids is 1. The SMILES string of the molecule is Cc1nc(-c2ncccn2)sc1C(=O)NCC1CCC(O)C1. The topological polar surface area (TPSA) is 88.0 Å². The number of rotatable bonds is 4. The molecular weight excluding hydrogens is 300 g/mol. The molecule has 7 heteroatoms. The maximum Gasteiger partial charge on any atom is 0.263 e. The van der Waals surface area contributed by atoms with Crippen LogP contribution in [-0.4, -0.2) is 38.6 Å². The number of hydrogen-bond donors (Lipinski definition) is 2. The van der Waals surface area contributed by atoms with Gasteiger partial charge in [-0.2, -0.15) is 0 Å². The molecule has 0 radical (unpaired) electrons. The number of carbonyl (C=O) groups is 1. The van der Waals surface area contributed by atoms with E-state index in [0.29, 0.717) is 33.9 Å². The van der Waals surface area contributed by atoms with Crippen molar-refractivity contribution in [3.8, 4) is 10.8 Å². The van der Waals surface area contributed by atoms with Crippen LogP contribution >= 0.6 is 11.3 Å². The molecule has 2 heterocycles. The van der Waals surface area contributed by atoms with Gasteiger partial charge in [-0.05, 0) is 38.2 Å². The van der Waals surface area contributed by atoms with Gasteiger partial charge in [0.15, 0.2) is 10.8 Å². The molecule has 22 heavy (non-hydrogen) atoms. The minimum Gasteiger partial charge on any atom is -0.393 e. The Balaban J connectivity index is 1.67. The number of aliphatic hydroxyl groups excluding tert-OH is 1. The van der Waals surface area contributed by atoms with Crippen LogP contribution < -0.4 is 5.32 Å². The van der Waals surface area contributed by atoms with Gasteiger partial charge in [0.1, 0.15) is 4.88 Å². The standard InChI is InChI=1S/C15H18N4O2S/c1-9-12(14(21)18-8-10-3-4-11(20)7-10)22-15(19-9)13-16-5-2-6-17-13/h2,5-6,10-11,20H,3-4,7-8H2,1H3,(H,18,21). The van der Waals surface area contributed by atoms with Crippen molar-refractivity contribution < 1.29 is 9.90 Å². The molecule has 1 aliphatic carbocycles. The molecule has 0 aromatic carbocycles. The molecular formula is C15H18N4O2S. The van der Waals surface area contributed by atoms with Crippen LogP contribution in [0.5, 0.6) is 0 Å². The number of nitrogens with one attached hydrogen (secondary N) is 1. The number of aromatic nitrogens is 3. The van der Waals surface area contributed by atoms with E-state index in [1.165, 1.54) is 11.3 Å². The molecule has 2 atom stereocenters. The summed E-state index contributed by atoms with van der Waals surface area (Å²) < 4.78 is 0. The van der Waals surface area contributed by atoms with Crippen LogP contribution in [0.4, 0.5) is 0 Å². The van der Waals surface area contributed by atoms with Crippen molar-refractivity contribution in [2.45, 2.75) is 32.3 Å². The lowest BCUT2D eigenvalue weighted by Crippen LogP contribution is -2.28. The van der Waals surface area contributed by atoms with Gasteiger partial charge in [-0.1, -0.05) is 0 Å². The number of hydrogen-bond acceptors (Lipinski definition) is 6. The van der Waals surface area contributed by atoms with Crippen molar-refractivity contribution in [1.82, 2.24) is 20.3 Å². The van der Waals surface area contributed by atoms with E-state index in [1.54, 1.807) is 18.5 Å². The summed E-state index contributed by atoms with van der Waals surface area (Å²) in [6.45, 7) is 2.42. The maximum atomic E-state index is 12.3. The van der Waals surface area contributed by atoms with Crippen molar-refractivity contribution in [1.29, 1.82) is 0 Å². The van der Waals surface area contributed by atoms with Crippen molar-refractivity contribution in [3.63, 3.8) is 0 Å². The highest BCUT2D eigenvalue weighted by Gasteiger charge is 2.24. The van der Waals surface area contributed by atoms with Crippen molar-refractivity contribution >= 4 is 17.2 Å². The summed E-state index contributed by atoms with van der Waals surface area (Å²) in [7, 11) is 0. The zero-order chi connectivity index (χ0) is 15.5. The lowest BCUT2D eigenvalue weighted by atomic mass is 10.1. The third kappa shape index (κ3) is 3.31. The molecule has 116 valence electrons. The molecule has 0 saturated heterocycles. The summed E-state index contributed by atoms with van der Waals surface area (Å²) in [4.78, 5) is 25.6. The number of nitrogens with zero attached hydrogens (tertiary/aromatic N) is 3. The highest BCUT2D eigenvalue weighted by Crippen LogP contribution is 2.26. The largest absolute Gasteiger partial charge is 0.393 e. The molecule has 1 saturated carbocycles. The molecule has 0 bridgehead atoms. The van der Waals surface area contributed by atoms with Gasteiger partial charge in [0, 0.05) is 18.9 Å². The molecule has 0 spiro atoms. The first-order chi connectivity index (χ1) is 10.6. The molecule has 6 nitrogen and oxygen atoms in total. The summed E-state index contributed by atoms with van der Waals surface area (Å²) in [6, 6.07) is 1.74. The van der Waals surface area contributed by atoms with Gasteiger partial charge >= 0.3 is 0 Å². The molecule has 2 aromatic heterocycles. The van der Waals surface area contributed by atoms with E-state index in [1.807, 2.05) is 6.92 Å². The Kier molecular flexibility index (Phi) is 4.44. The van der Waals surface area contributed by atoms with E-state index < -0.39 is 0 Å². The summed E-state index contributed by atoms with van der Waals surface area (Å²) in [5.41, 5.74) is 0.691. The smallest absolute Gasteiger partial charge is 0.263 e. The Labute approximate surface area is 132 Å². The fourth-order valence-corrected chi connectivity index (χ4v) is 3.59. The van der Waals surface area contributed by atoms with Crippen LogP contribution in [0.15, 0.2) is 18.5 Å². The molecule has 1 aliphatic rings. The summed E-state index contributed by atoms with van der Waals surface area (Å²) >= 11 is 1.31. The van der Waals surface area contributed by atoms with Gasteiger partial charge in [0.25, 0.3) is 5.91 Å². The zero-order valence-corrected chi connectivity index (χ0v) is 13.1. The van der Waals surface area contributed by atoms with Gasteiger partial charge in [0.05, 0.1) is 11.8 Å². The summed E-state index contributed by atoms with van der Waals surface area (Å²) in [5.74, 6) is 0.788. The van der Waals surface area contributed by atoms with E-state index in [-0.39, 0.29) is 12.0 Å². The third-order valence-corrected chi connectivity index (χ3v) is 4.98. The number of aryl methyl sites for hydroxylation is 1. The lowest BCUT2D eigenvalue weighted by molar-refractivity contribution is 0.0948. The Morgan fingerprint density at radius 3 is 2.86 bits per heavy atom. The molecule has 1 fully saturated rings. The number of aliphatic hydroxyl groups is 1. The van der Waals surface area contributed by atoms with Gasteiger partial charge in [-0.15, -0.1) is 11.3 Å². The van der Waals surface area contributed by atoms with Crippen molar-refractivity contribution in [2.24, 2.45) is 5.92 Å². The van der Waals surface area contributed by atoms with Gasteiger partial charge in [-0.3, -0.25) is 4.79 Å². The van der Waals surface area contributed by atoms with Crippen LogP contribution in [0.25, 0.3) is 10.8 Å². The Hall–Kier alpha value is -1.86. The molecule has 0 aliphatic heterocycles. The van der Waals surface area contributed by atoms with Gasteiger partial charge in [0.2, 0.25) is 0 Å². The quantitative estimate of drug-likeness (QED) is 0.897. The fraction of sp³-hybridized carbons (Fsp3) is 0.467. The average molecular weight is 318 g/mol. The lowest BCUT2D eigenvalue weighted by Gasteiger charge is -2.10. The predicted molar refractivity (Wildman–Crippen MR) is 83.6 cm³/mol. The van der Waals surface area contributed by atoms with Crippen LogP contribution in [0.2, 0.25) is 0 Å². The van der Waals surface area contributed by atoms with E-state index >= 15 is 0 Å². The van der Waals surface area contributed by atoms with Crippen LogP contribution in [-0.2, 0) is 0 Å². The van der Waals surface area contributed by atoms with Crippen LogP contribution in [0.1, 0.15) is 34.6 Å². The Bertz CT molecular complexity index is 659. The third-order valence-electron chi connectivity index (χ3n) is 3.82. The molecule has 2 aromatic rings. The molecule has 1 amide bonds. The van der Waals surface area contributed by atoms with E-state index in [4.69, 9.17) is 0 Å². The van der Waals surface area contributed by atoms with E-state index in [9.17, 15) is 9.90 Å². The second-order valence-electron chi connectivity index (χ2n) is 5.55. The first-order valence-electron chi connectivity index (χ1n) is 7.34. The Morgan fingerprint density at radius 2 is 2.18 bits per heavy atom. The monoisotopic (exact) mass is 318 g/mol. The minimum atomic E-state index is -0.214. The van der Waals surface area contributed by atoms with E-state index in [2.05, 4.69) is 20.3 Å². The van der Waals surface area contributed by atoms with Gasteiger partial charge < -0.3 is 10.4 Å². The summed E-state index contributed by atoms with van der Waals surface area (Å²) in [5, 5.41) is 13.1.